The van der Waals surface area contributed by atoms with E-state index >= 15 is 0 Å². The summed E-state index contributed by atoms with van der Waals surface area (Å²) in [5, 5.41) is 1.70. The number of ether oxygens (including phenoxy) is 1. The highest BCUT2D eigenvalue weighted by Crippen LogP contribution is 2.20. The topological polar surface area (TPSA) is 42.1 Å². The number of nitrogens with one attached hydrogen (secondary N) is 1. The van der Waals surface area contributed by atoms with Crippen LogP contribution in [0.5, 0.6) is 0 Å². The van der Waals surface area contributed by atoms with E-state index in [4.69, 9.17) is 16.3 Å². The number of hydrogen-bond donors (Lipinski definition) is 1. The number of esters is 1. The molecule has 0 saturated carbocycles. The Hall–Kier alpha value is -1.48. The highest BCUT2D eigenvalue weighted by molar-refractivity contribution is 6.31. The van der Waals surface area contributed by atoms with E-state index in [1.807, 2.05) is 24.3 Å². The minimum atomic E-state index is -0.222. The van der Waals surface area contributed by atoms with Crippen molar-refractivity contribution in [3.05, 3.63) is 35.0 Å². The number of rotatable bonds is 3. The van der Waals surface area contributed by atoms with Crippen molar-refractivity contribution < 1.29 is 9.53 Å². The molecule has 4 heteroatoms. The van der Waals surface area contributed by atoms with E-state index in [1.165, 1.54) is 0 Å². The first-order valence-corrected chi connectivity index (χ1v) is 5.49. The Morgan fingerprint density at radius 3 is 3.00 bits per heavy atom. The quantitative estimate of drug-likeness (QED) is 0.834. The van der Waals surface area contributed by atoms with Crippen molar-refractivity contribution in [3.63, 3.8) is 0 Å². The van der Waals surface area contributed by atoms with Gasteiger partial charge in [-0.05, 0) is 31.2 Å². The second-order valence-electron chi connectivity index (χ2n) is 3.51. The lowest BCUT2D eigenvalue weighted by Crippen LogP contribution is -2.07. The van der Waals surface area contributed by atoms with Gasteiger partial charge >= 0.3 is 5.97 Å². The smallest absolute Gasteiger partial charge is 0.311 e. The molecule has 1 N–H and O–H groups in total. The normalized spacial score (nSPS) is 10.6. The number of fused-ring (bicyclic) bond motifs is 1. The number of aromatic amines is 1. The Bertz CT molecular complexity index is 519. The molecule has 0 unspecified atom stereocenters. The van der Waals surface area contributed by atoms with Crippen LogP contribution < -0.4 is 0 Å². The molecule has 0 spiro atoms. The van der Waals surface area contributed by atoms with Gasteiger partial charge in [-0.2, -0.15) is 0 Å². The Morgan fingerprint density at radius 2 is 2.25 bits per heavy atom. The van der Waals surface area contributed by atoms with Gasteiger partial charge in [0.05, 0.1) is 13.0 Å². The van der Waals surface area contributed by atoms with Crippen molar-refractivity contribution in [2.45, 2.75) is 13.3 Å². The van der Waals surface area contributed by atoms with Crippen LogP contribution in [0.3, 0.4) is 0 Å². The zero-order chi connectivity index (χ0) is 11.5. The summed E-state index contributed by atoms with van der Waals surface area (Å²) in [7, 11) is 0. The number of benzene rings is 1. The lowest BCUT2D eigenvalue weighted by atomic mass is 10.2. The van der Waals surface area contributed by atoms with Gasteiger partial charge in [-0.1, -0.05) is 11.6 Å². The van der Waals surface area contributed by atoms with E-state index in [9.17, 15) is 4.79 Å². The third-order valence-electron chi connectivity index (χ3n) is 2.28. The zero-order valence-electron chi connectivity index (χ0n) is 8.92. The molecular formula is C12H12ClNO2. The van der Waals surface area contributed by atoms with Gasteiger partial charge in [0, 0.05) is 21.6 Å². The molecule has 0 radical (unpaired) electrons. The Morgan fingerprint density at radius 1 is 1.44 bits per heavy atom. The van der Waals surface area contributed by atoms with Crippen molar-refractivity contribution in [1.29, 1.82) is 0 Å². The van der Waals surface area contributed by atoms with Gasteiger partial charge in [0.1, 0.15) is 0 Å². The summed E-state index contributed by atoms with van der Waals surface area (Å²) in [6.45, 7) is 2.20. The summed E-state index contributed by atoms with van der Waals surface area (Å²) in [5.74, 6) is -0.222. The fourth-order valence-electron chi connectivity index (χ4n) is 1.63. The molecular weight excluding hydrogens is 226 g/mol. The van der Waals surface area contributed by atoms with E-state index in [1.54, 1.807) is 6.92 Å². The van der Waals surface area contributed by atoms with Gasteiger partial charge in [0.2, 0.25) is 0 Å². The van der Waals surface area contributed by atoms with Gasteiger partial charge in [-0.3, -0.25) is 4.79 Å². The maximum Gasteiger partial charge on any atom is 0.311 e. The third-order valence-corrected chi connectivity index (χ3v) is 2.51. The fourth-order valence-corrected chi connectivity index (χ4v) is 1.81. The average molecular weight is 238 g/mol. The molecule has 1 heterocycles. The Labute approximate surface area is 98.4 Å². The van der Waals surface area contributed by atoms with Crippen molar-refractivity contribution in [3.8, 4) is 0 Å². The number of hydrogen-bond acceptors (Lipinski definition) is 2. The van der Waals surface area contributed by atoms with Crippen LogP contribution in [0.1, 0.15) is 12.6 Å². The summed E-state index contributed by atoms with van der Waals surface area (Å²) in [4.78, 5) is 14.4. The van der Waals surface area contributed by atoms with Crippen molar-refractivity contribution in [2.24, 2.45) is 0 Å². The minimum absolute atomic E-state index is 0.222. The first-order chi connectivity index (χ1) is 7.69. The molecule has 0 atom stereocenters. The Balaban J connectivity index is 2.23. The lowest BCUT2D eigenvalue weighted by Gasteiger charge is -1.98. The minimum Gasteiger partial charge on any atom is -0.466 e. The molecule has 84 valence electrons. The van der Waals surface area contributed by atoms with E-state index in [0.29, 0.717) is 11.6 Å². The SMILES string of the molecule is CCOC(=O)Cc1cc2cc(Cl)ccc2[nH]1. The van der Waals surface area contributed by atoms with Crippen LogP contribution in [0.4, 0.5) is 0 Å². The molecule has 0 aliphatic heterocycles. The summed E-state index contributed by atoms with van der Waals surface area (Å²) in [6.07, 6.45) is 0.264. The molecule has 0 fully saturated rings. The molecule has 0 amide bonds. The molecule has 3 nitrogen and oxygen atoms in total. The summed E-state index contributed by atoms with van der Waals surface area (Å²) in [6, 6.07) is 7.49. The van der Waals surface area contributed by atoms with E-state index < -0.39 is 0 Å². The molecule has 1 aromatic carbocycles. The van der Waals surface area contributed by atoms with E-state index in [0.717, 1.165) is 16.6 Å². The van der Waals surface area contributed by atoms with Crippen LogP contribution in [-0.4, -0.2) is 17.6 Å². The second kappa shape index (κ2) is 4.58. The lowest BCUT2D eigenvalue weighted by molar-refractivity contribution is -0.142. The summed E-state index contributed by atoms with van der Waals surface area (Å²) in [5.41, 5.74) is 1.82. The van der Waals surface area contributed by atoms with Crippen LogP contribution in [0.25, 0.3) is 10.9 Å². The molecule has 16 heavy (non-hydrogen) atoms. The van der Waals surface area contributed by atoms with Gasteiger partial charge in [0.15, 0.2) is 0 Å². The van der Waals surface area contributed by atoms with Crippen molar-refractivity contribution in [2.75, 3.05) is 6.61 Å². The van der Waals surface area contributed by atoms with E-state index in [2.05, 4.69) is 4.98 Å². The predicted molar refractivity (Wildman–Crippen MR) is 63.6 cm³/mol. The van der Waals surface area contributed by atoms with Gasteiger partial charge in [-0.15, -0.1) is 0 Å². The fraction of sp³-hybridized carbons (Fsp3) is 0.250. The first-order valence-electron chi connectivity index (χ1n) is 5.12. The van der Waals surface area contributed by atoms with Gasteiger partial charge in [-0.25, -0.2) is 0 Å². The second-order valence-corrected chi connectivity index (χ2v) is 3.94. The molecule has 0 aliphatic rings. The highest BCUT2D eigenvalue weighted by Gasteiger charge is 2.07. The van der Waals surface area contributed by atoms with Crippen LogP contribution in [-0.2, 0) is 16.0 Å². The summed E-state index contributed by atoms with van der Waals surface area (Å²) >= 11 is 5.88. The molecule has 1 aromatic heterocycles. The van der Waals surface area contributed by atoms with Crippen LogP contribution in [0.15, 0.2) is 24.3 Å². The first kappa shape index (κ1) is 11.0. The number of carbonyl (C=O) groups is 1. The molecule has 0 saturated heterocycles. The molecule has 2 rings (SSSR count). The van der Waals surface area contributed by atoms with Crippen molar-refractivity contribution >= 4 is 28.5 Å². The number of aromatic nitrogens is 1. The standard InChI is InChI=1S/C12H12ClNO2/c1-2-16-12(15)7-10-6-8-5-9(13)3-4-11(8)14-10/h3-6,14H,2,7H2,1H3. The van der Waals surface area contributed by atoms with Crippen LogP contribution in [0.2, 0.25) is 5.02 Å². The Kier molecular flexibility index (Phi) is 3.15. The maximum absolute atomic E-state index is 11.3. The van der Waals surface area contributed by atoms with Crippen LogP contribution >= 0.6 is 11.6 Å². The highest BCUT2D eigenvalue weighted by atomic mass is 35.5. The molecule has 0 aliphatic carbocycles. The van der Waals surface area contributed by atoms with Crippen LogP contribution in [0, 0.1) is 0 Å². The van der Waals surface area contributed by atoms with Gasteiger partial charge in [0.25, 0.3) is 0 Å². The molecule has 0 bridgehead atoms. The average Bonchev–Trinajstić information content (AvgIpc) is 2.59. The number of carbonyl (C=O) groups excluding carboxylic acids is 1. The van der Waals surface area contributed by atoms with Gasteiger partial charge < -0.3 is 9.72 Å². The largest absolute Gasteiger partial charge is 0.466 e. The monoisotopic (exact) mass is 237 g/mol. The number of H-pyrrole nitrogens is 1. The number of halogens is 1. The third kappa shape index (κ3) is 2.36. The molecule has 2 aromatic rings. The zero-order valence-corrected chi connectivity index (χ0v) is 9.67. The predicted octanol–water partition coefficient (Wildman–Crippen LogP) is 2.93. The summed E-state index contributed by atoms with van der Waals surface area (Å²) < 4.78 is 4.88. The maximum atomic E-state index is 11.3. The van der Waals surface area contributed by atoms with E-state index in [-0.39, 0.29) is 12.4 Å². The van der Waals surface area contributed by atoms with Crippen molar-refractivity contribution in [1.82, 2.24) is 4.98 Å².